The molecule has 218 valence electrons. The average Bonchev–Trinajstić information content (AvgIpc) is 3.32. The molecule has 0 radical (unpaired) electrons. The second-order valence-corrected chi connectivity index (χ2v) is 11.9. The molecule has 3 aromatic carbocycles. The minimum Gasteiger partial charge on any atom is -0.444 e. The molecule has 43 heavy (non-hydrogen) atoms. The summed E-state index contributed by atoms with van der Waals surface area (Å²) in [5, 5.41) is 11.5. The fourth-order valence-corrected chi connectivity index (χ4v) is 5.40. The summed E-state index contributed by atoms with van der Waals surface area (Å²) in [6.07, 6.45) is 5.28. The van der Waals surface area contributed by atoms with Gasteiger partial charge in [-0.3, -0.25) is 19.8 Å². The van der Waals surface area contributed by atoms with E-state index in [2.05, 4.69) is 27.8 Å². The van der Waals surface area contributed by atoms with Crippen molar-refractivity contribution in [2.45, 2.75) is 42.7 Å². The van der Waals surface area contributed by atoms with E-state index < -0.39 is 11.7 Å². The molecule has 0 fully saturated rings. The maximum absolute atomic E-state index is 12.4. The van der Waals surface area contributed by atoms with Gasteiger partial charge < -0.3 is 10.1 Å². The summed E-state index contributed by atoms with van der Waals surface area (Å²) in [7, 11) is 1.63. The van der Waals surface area contributed by atoms with Crippen LogP contribution in [0, 0.1) is 0 Å². The van der Waals surface area contributed by atoms with Gasteiger partial charge in [-0.2, -0.15) is 5.10 Å². The number of aromatic nitrogens is 3. The summed E-state index contributed by atoms with van der Waals surface area (Å²) in [4.78, 5) is 30.8. The molecule has 5 rings (SSSR count). The van der Waals surface area contributed by atoms with Crippen LogP contribution in [0.15, 0.2) is 101 Å². The minimum atomic E-state index is -0.572. The zero-order valence-electron chi connectivity index (χ0n) is 24.5. The summed E-state index contributed by atoms with van der Waals surface area (Å²) in [6.45, 7) is 6.00. The van der Waals surface area contributed by atoms with Crippen molar-refractivity contribution in [3.8, 4) is 0 Å². The van der Waals surface area contributed by atoms with Crippen LogP contribution < -0.4 is 10.6 Å². The third-order valence-electron chi connectivity index (χ3n) is 6.37. The highest BCUT2D eigenvalue weighted by atomic mass is 32.2. The lowest BCUT2D eigenvalue weighted by Gasteiger charge is -2.19. The van der Waals surface area contributed by atoms with Crippen LogP contribution in [-0.4, -0.2) is 39.4 Å². The molecule has 0 aliphatic carbocycles. The Morgan fingerprint density at radius 3 is 2.44 bits per heavy atom. The predicted molar refractivity (Wildman–Crippen MR) is 172 cm³/mol. The molecule has 0 atom stereocenters. The highest BCUT2D eigenvalue weighted by molar-refractivity contribution is 7.99. The molecule has 2 heterocycles. The van der Waals surface area contributed by atoms with Crippen molar-refractivity contribution < 1.29 is 14.3 Å². The van der Waals surface area contributed by atoms with Crippen molar-refractivity contribution in [3.63, 3.8) is 0 Å². The van der Waals surface area contributed by atoms with Crippen LogP contribution in [0.4, 0.5) is 10.5 Å². The molecule has 0 aliphatic rings. The molecular formula is C34H33N5O3S. The molecule has 0 bridgehead atoms. The van der Waals surface area contributed by atoms with Crippen LogP contribution in [0.2, 0.25) is 0 Å². The number of rotatable bonds is 8. The molecule has 9 heteroatoms. The Hall–Kier alpha value is -4.89. The third-order valence-corrected chi connectivity index (χ3v) is 7.44. The highest BCUT2D eigenvalue weighted by Gasteiger charge is 2.17. The number of carbonyl (C=O) groups excluding carboxylic acids is 2. The lowest BCUT2D eigenvalue weighted by atomic mass is 10.1. The van der Waals surface area contributed by atoms with Gasteiger partial charge in [0.1, 0.15) is 5.60 Å². The summed E-state index contributed by atoms with van der Waals surface area (Å²) >= 11 is 1.53. The number of carbonyl (C=O) groups is 2. The number of fused-ring (bicyclic) bond motifs is 1. The van der Waals surface area contributed by atoms with Gasteiger partial charge in [-0.05, 0) is 93.1 Å². The molecule has 0 unspecified atom stereocenters. The summed E-state index contributed by atoms with van der Waals surface area (Å²) in [5.41, 5.74) is 4.35. The van der Waals surface area contributed by atoms with Crippen molar-refractivity contribution in [3.05, 3.63) is 114 Å². The molecule has 5 aromatic rings. The van der Waals surface area contributed by atoms with E-state index in [0.29, 0.717) is 17.8 Å². The van der Waals surface area contributed by atoms with Crippen molar-refractivity contribution in [1.82, 2.24) is 20.1 Å². The van der Waals surface area contributed by atoms with E-state index in [1.807, 2.05) is 110 Å². The van der Waals surface area contributed by atoms with Gasteiger partial charge >= 0.3 is 6.09 Å². The lowest BCUT2D eigenvalue weighted by Crippen LogP contribution is -2.27. The van der Waals surface area contributed by atoms with E-state index in [-0.39, 0.29) is 5.91 Å². The molecular weight excluding hydrogens is 558 g/mol. The van der Waals surface area contributed by atoms with Crippen molar-refractivity contribution in [2.24, 2.45) is 0 Å². The number of nitrogens with zero attached hydrogens (tertiary/aromatic N) is 3. The van der Waals surface area contributed by atoms with Crippen molar-refractivity contribution in [2.75, 3.05) is 12.4 Å². The van der Waals surface area contributed by atoms with Crippen LogP contribution >= 0.6 is 11.8 Å². The van der Waals surface area contributed by atoms with E-state index in [1.165, 1.54) is 11.8 Å². The third kappa shape index (κ3) is 7.69. The summed E-state index contributed by atoms with van der Waals surface area (Å²) in [6, 6.07) is 27.1. The lowest BCUT2D eigenvalue weighted by molar-refractivity contribution is 0.0635. The maximum atomic E-state index is 12.4. The zero-order chi connectivity index (χ0) is 30.4. The van der Waals surface area contributed by atoms with E-state index in [4.69, 9.17) is 9.84 Å². The van der Waals surface area contributed by atoms with Crippen molar-refractivity contribution in [1.29, 1.82) is 0 Å². The summed E-state index contributed by atoms with van der Waals surface area (Å²) in [5.74, 6) is -0.122. The SMILES string of the molecule is CNC(=O)c1ccccc1Sc1ccc2c(/C=C/c3ccccn3)n(Cc3ccc(NC(=O)OC(C)(C)C)cc3)nc2c1. The number of ether oxygens (including phenoxy) is 1. The molecule has 8 nitrogen and oxygen atoms in total. The Balaban J connectivity index is 1.44. The molecule has 0 aliphatic heterocycles. The second kappa shape index (κ2) is 13.0. The minimum absolute atomic E-state index is 0.122. The number of pyridine rings is 1. The summed E-state index contributed by atoms with van der Waals surface area (Å²) < 4.78 is 7.32. The van der Waals surface area contributed by atoms with Crippen LogP contribution in [0.1, 0.15) is 48.1 Å². The van der Waals surface area contributed by atoms with Gasteiger partial charge in [0.2, 0.25) is 0 Å². The van der Waals surface area contributed by atoms with Gasteiger partial charge in [0, 0.05) is 34.1 Å². The Kier molecular flexibility index (Phi) is 8.92. The first-order chi connectivity index (χ1) is 20.7. The first-order valence-electron chi connectivity index (χ1n) is 13.9. The standard InChI is InChI=1S/C34H33N5O3S/c1-34(2,3)42-33(41)37-25-14-12-23(13-15-25)22-39-30(19-16-24-9-7-8-20-36-24)27-18-17-26(21-29(27)38-39)43-31-11-6-5-10-28(31)32(40)35-4/h5-21H,22H2,1-4H3,(H,35,40)(H,37,41)/b19-16+. The Morgan fingerprint density at radius 1 is 0.953 bits per heavy atom. The molecule has 2 aromatic heterocycles. The largest absolute Gasteiger partial charge is 0.444 e. The number of nitrogens with one attached hydrogen (secondary N) is 2. The van der Waals surface area contributed by atoms with E-state index in [9.17, 15) is 9.59 Å². The Labute approximate surface area is 255 Å². The molecule has 2 N–H and O–H groups in total. The van der Waals surface area contributed by atoms with Crippen molar-refractivity contribution >= 4 is 52.5 Å². The highest BCUT2D eigenvalue weighted by Crippen LogP contribution is 2.33. The van der Waals surface area contributed by atoms with Gasteiger partial charge in [0.05, 0.1) is 29.0 Å². The number of amides is 2. The van der Waals surface area contributed by atoms with Gasteiger partial charge in [0.15, 0.2) is 0 Å². The predicted octanol–water partition coefficient (Wildman–Crippen LogP) is 7.51. The first kappa shape index (κ1) is 29.6. The van der Waals surface area contributed by atoms with Gasteiger partial charge in [0.25, 0.3) is 5.91 Å². The zero-order valence-corrected chi connectivity index (χ0v) is 25.3. The van der Waals surface area contributed by atoms with E-state index in [0.717, 1.165) is 37.6 Å². The molecule has 0 saturated carbocycles. The molecule has 2 amide bonds. The van der Waals surface area contributed by atoms with Crippen LogP contribution in [0.3, 0.4) is 0 Å². The van der Waals surface area contributed by atoms with E-state index in [1.54, 1.807) is 13.2 Å². The number of hydrogen-bond donors (Lipinski definition) is 2. The normalized spacial score (nSPS) is 11.5. The van der Waals surface area contributed by atoms with Gasteiger partial charge in [-0.15, -0.1) is 0 Å². The average molecular weight is 592 g/mol. The van der Waals surface area contributed by atoms with Gasteiger partial charge in [-0.25, -0.2) is 4.79 Å². The molecule has 0 spiro atoms. The molecule has 0 saturated heterocycles. The number of benzene rings is 3. The number of anilines is 1. The first-order valence-corrected chi connectivity index (χ1v) is 14.7. The van der Waals surface area contributed by atoms with E-state index >= 15 is 0 Å². The van der Waals surface area contributed by atoms with Crippen LogP contribution in [0.25, 0.3) is 23.1 Å². The van der Waals surface area contributed by atoms with Gasteiger partial charge in [-0.1, -0.05) is 42.1 Å². The smallest absolute Gasteiger partial charge is 0.412 e. The number of hydrogen-bond acceptors (Lipinski definition) is 6. The Bertz CT molecular complexity index is 1770. The maximum Gasteiger partial charge on any atom is 0.412 e. The fraction of sp³-hybridized carbons (Fsp3) is 0.176. The van der Waals surface area contributed by atoms with Crippen LogP contribution in [0.5, 0.6) is 0 Å². The fourth-order valence-electron chi connectivity index (χ4n) is 4.43. The van der Waals surface area contributed by atoms with Crippen LogP contribution in [-0.2, 0) is 11.3 Å². The quantitative estimate of drug-likeness (QED) is 0.194. The Morgan fingerprint density at radius 2 is 1.72 bits per heavy atom. The monoisotopic (exact) mass is 591 g/mol. The topological polar surface area (TPSA) is 98.1 Å². The second-order valence-electron chi connectivity index (χ2n) is 10.8.